The van der Waals surface area contributed by atoms with Crippen molar-refractivity contribution in [2.75, 3.05) is 0 Å². The molecule has 1 atom stereocenters. The predicted octanol–water partition coefficient (Wildman–Crippen LogP) is 17.3. The third-order valence-corrected chi connectivity index (χ3v) is 13.6. The topological polar surface area (TPSA) is 4.93 Å². The highest BCUT2D eigenvalue weighted by molar-refractivity contribution is 6.10. The number of rotatable bonds is 10. The van der Waals surface area contributed by atoms with Gasteiger partial charge < -0.3 is 4.57 Å². The van der Waals surface area contributed by atoms with Gasteiger partial charge in [-0.3, -0.25) is 0 Å². The highest BCUT2D eigenvalue weighted by atomic mass is 15.0. The summed E-state index contributed by atoms with van der Waals surface area (Å²) < 4.78 is 2.41. The van der Waals surface area contributed by atoms with Crippen LogP contribution < -0.4 is 0 Å². The van der Waals surface area contributed by atoms with Gasteiger partial charge in [0.1, 0.15) is 0 Å². The van der Waals surface area contributed by atoms with Gasteiger partial charge in [-0.25, -0.2) is 0 Å². The van der Waals surface area contributed by atoms with Gasteiger partial charge in [-0.2, -0.15) is 0 Å². The average molecular weight is 834 g/mol. The number of benzene rings is 9. The molecule has 11 rings (SSSR count). The molecule has 0 aliphatic heterocycles. The van der Waals surface area contributed by atoms with Crippen molar-refractivity contribution in [2.45, 2.75) is 33.1 Å². The Labute approximate surface area is 383 Å². The van der Waals surface area contributed by atoms with Crippen LogP contribution in [0.3, 0.4) is 0 Å². The summed E-state index contributed by atoms with van der Waals surface area (Å²) >= 11 is 0. The van der Waals surface area contributed by atoms with Crippen LogP contribution in [0.2, 0.25) is 0 Å². The summed E-state index contributed by atoms with van der Waals surface area (Å²) in [6.07, 6.45) is 5.68. The van der Waals surface area contributed by atoms with Crippen molar-refractivity contribution < 1.29 is 0 Å². The van der Waals surface area contributed by atoms with E-state index in [1.54, 1.807) is 0 Å². The smallest absolute Gasteiger partial charge is 0.0541 e. The molecule has 1 heteroatoms. The third-order valence-electron chi connectivity index (χ3n) is 13.6. The number of aryl methyl sites for hydroxylation is 2. The quantitative estimate of drug-likeness (QED) is 0.129. The highest BCUT2D eigenvalue weighted by Crippen LogP contribution is 2.43. The number of allylic oxidation sites excluding steroid dienone is 4. The van der Waals surface area contributed by atoms with E-state index in [9.17, 15) is 0 Å². The molecule has 0 radical (unpaired) electrons. The van der Waals surface area contributed by atoms with Crippen molar-refractivity contribution in [1.82, 2.24) is 4.57 Å². The van der Waals surface area contributed by atoms with Gasteiger partial charge in [0.15, 0.2) is 0 Å². The predicted molar refractivity (Wildman–Crippen MR) is 277 cm³/mol. The first-order valence-corrected chi connectivity index (χ1v) is 23.1. The Kier molecular flexibility index (Phi) is 10.7. The molecular formula is C64H51N. The lowest BCUT2D eigenvalue weighted by Gasteiger charge is -2.28. The lowest BCUT2D eigenvalue weighted by Crippen LogP contribution is -2.11. The Balaban J connectivity index is 0.860. The summed E-state index contributed by atoms with van der Waals surface area (Å²) in [5.41, 5.74) is 23.0. The summed E-state index contributed by atoms with van der Waals surface area (Å²) in [7, 11) is 0. The molecule has 1 nitrogen and oxygen atoms in total. The molecule has 0 saturated carbocycles. The molecule has 1 aliphatic rings. The van der Waals surface area contributed by atoms with Crippen molar-refractivity contribution >= 4 is 33.0 Å². The zero-order valence-corrected chi connectivity index (χ0v) is 37.1. The lowest BCUT2D eigenvalue weighted by atomic mass is 9.77. The first-order valence-electron chi connectivity index (χ1n) is 23.1. The van der Waals surface area contributed by atoms with E-state index in [1.165, 1.54) is 105 Å². The SMILES string of the molecule is CC1=C(c2ccccc2)C=C(c2ccccc2)C(CCc2ccc(-c3ccccc3-c3ccccc3-c3ccc(-n4c5ccccc5c5cc(-c6ccc(C)cc6)ccc54)cc3)cc2)C1. The summed E-state index contributed by atoms with van der Waals surface area (Å²) in [5.74, 6) is 0.468. The molecule has 65 heavy (non-hydrogen) atoms. The largest absolute Gasteiger partial charge is 0.309 e. The van der Waals surface area contributed by atoms with Gasteiger partial charge in [-0.15, -0.1) is 0 Å². The second-order valence-electron chi connectivity index (χ2n) is 17.8. The number of aromatic nitrogens is 1. The van der Waals surface area contributed by atoms with Crippen LogP contribution in [0.15, 0.2) is 236 Å². The molecule has 0 amide bonds. The normalized spacial score (nSPS) is 13.9. The summed E-state index contributed by atoms with van der Waals surface area (Å²) in [4.78, 5) is 0. The molecule has 0 N–H and O–H groups in total. The van der Waals surface area contributed by atoms with E-state index in [2.05, 4.69) is 249 Å². The Bertz CT molecular complexity index is 3360. The van der Waals surface area contributed by atoms with Crippen molar-refractivity contribution in [3.8, 4) is 50.2 Å². The summed E-state index contributed by atoms with van der Waals surface area (Å²) in [6.45, 7) is 4.46. The highest BCUT2D eigenvalue weighted by Gasteiger charge is 2.24. The maximum absolute atomic E-state index is 2.47. The van der Waals surface area contributed by atoms with Crippen LogP contribution >= 0.6 is 0 Å². The molecule has 312 valence electrons. The Hall–Kier alpha value is -7.74. The van der Waals surface area contributed by atoms with Crippen LogP contribution in [0.4, 0.5) is 0 Å². The second kappa shape index (κ2) is 17.4. The molecule has 0 spiro atoms. The monoisotopic (exact) mass is 833 g/mol. The minimum Gasteiger partial charge on any atom is -0.309 e. The van der Waals surface area contributed by atoms with Crippen molar-refractivity contribution in [3.05, 3.63) is 258 Å². The van der Waals surface area contributed by atoms with Crippen LogP contribution in [-0.2, 0) is 6.42 Å². The van der Waals surface area contributed by atoms with Gasteiger partial charge in [-0.05, 0) is 142 Å². The van der Waals surface area contributed by atoms with E-state index in [-0.39, 0.29) is 0 Å². The fourth-order valence-electron chi connectivity index (χ4n) is 10.2. The first kappa shape index (κ1) is 40.1. The number of para-hydroxylation sites is 1. The summed E-state index contributed by atoms with van der Waals surface area (Å²) in [6, 6.07) is 82.6. The van der Waals surface area contributed by atoms with E-state index in [4.69, 9.17) is 0 Å². The Morgan fingerprint density at radius 1 is 0.415 bits per heavy atom. The maximum atomic E-state index is 2.47. The first-order chi connectivity index (χ1) is 32.1. The van der Waals surface area contributed by atoms with Crippen molar-refractivity contribution in [2.24, 2.45) is 5.92 Å². The molecular weight excluding hydrogens is 783 g/mol. The number of hydrogen-bond donors (Lipinski definition) is 0. The molecule has 0 bridgehead atoms. The van der Waals surface area contributed by atoms with Crippen LogP contribution in [0.25, 0.3) is 83.1 Å². The molecule has 1 heterocycles. The third kappa shape index (κ3) is 7.85. The van der Waals surface area contributed by atoms with Crippen molar-refractivity contribution in [3.63, 3.8) is 0 Å². The molecule has 1 aliphatic carbocycles. The fourth-order valence-corrected chi connectivity index (χ4v) is 10.2. The van der Waals surface area contributed by atoms with Crippen LogP contribution in [0.5, 0.6) is 0 Å². The standard InChI is InChI=1S/C64H51N/c1-44-25-30-47(31-26-44)52-37-40-64-62(42-52)59-23-13-14-24-63(59)65(64)54-38-35-51(36-39-54)56-20-10-12-22-58(56)57-21-11-9-19-55(57)50-32-27-46(28-33-50)29-34-53-41-45(2)60(48-15-5-3-6-16-48)43-61(53)49-17-7-4-8-18-49/h3-28,30-33,35-40,42-43,53H,29,34,41H2,1-2H3. The zero-order valence-electron chi connectivity index (χ0n) is 37.1. The van der Waals surface area contributed by atoms with Gasteiger partial charge in [0, 0.05) is 16.5 Å². The van der Waals surface area contributed by atoms with Crippen LogP contribution in [0.1, 0.15) is 42.0 Å². The van der Waals surface area contributed by atoms with E-state index in [1.807, 2.05) is 0 Å². The Morgan fingerprint density at radius 2 is 0.938 bits per heavy atom. The maximum Gasteiger partial charge on any atom is 0.0541 e. The molecule has 9 aromatic carbocycles. The van der Waals surface area contributed by atoms with Gasteiger partial charge >= 0.3 is 0 Å². The molecule has 10 aromatic rings. The van der Waals surface area contributed by atoms with E-state index in [0.29, 0.717) is 5.92 Å². The van der Waals surface area contributed by atoms with E-state index < -0.39 is 0 Å². The van der Waals surface area contributed by atoms with Gasteiger partial charge in [-0.1, -0.05) is 211 Å². The van der Waals surface area contributed by atoms with Gasteiger partial charge in [0.25, 0.3) is 0 Å². The number of hydrogen-bond acceptors (Lipinski definition) is 0. The fraction of sp³-hybridized carbons (Fsp3) is 0.0938. The molecule has 1 unspecified atom stereocenters. The van der Waals surface area contributed by atoms with Crippen LogP contribution in [0, 0.1) is 12.8 Å². The van der Waals surface area contributed by atoms with Crippen molar-refractivity contribution in [1.29, 1.82) is 0 Å². The van der Waals surface area contributed by atoms with E-state index >= 15 is 0 Å². The number of nitrogens with zero attached hydrogens (tertiary/aromatic N) is 1. The average Bonchev–Trinajstić information content (AvgIpc) is 3.70. The summed E-state index contributed by atoms with van der Waals surface area (Å²) in [5, 5.41) is 2.53. The Morgan fingerprint density at radius 3 is 1.60 bits per heavy atom. The van der Waals surface area contributed by atoms with E-state index in [0.717, 1.165) is 24.9 Å². The lowest BCUT2D eigenvalue weighted by molar-refractivity contribution is 0.597. The second-order valence-corrected chi connectivity index (χ2v) is 17.8. The minimum atomic E-state index is 0.468. The number of fused-ring (bicyclic) bond motifs is 3. The molecule has 0 saturated heterocycles. The van der Waals surface area contributed by atoms with Crippen LogP contribution in [-0.4, -0.2) is 4.57 Å². The molecule has 1 aromatic heterocycles. The molecule has 0 fully saturated rings. The van der Waals surface area contributed by atoms with Gasteiger partial charge in [0.05, 0.1) is 11.0 Å². The zero-order chi connectivity index (χ0) is 43.7. The van der Waals surface area contributed by atoms with Gasteiger partial charge in [0.2, 0.25) is 0 Å². The minimum absolute atomic E-state index is 0.468.